The van der Waals surface area contributed by atoms with E-state index in [0.29, 0.717) is 6.54 Å². The number of aryl methyl sites for hydroxylation is 2. The molecular weight excluding hydrogens is 436 g/mol. The highest BCUT2D eigenvalue weighted by Gasteiger charge is 2.55. The van der Waals surface area contributed by atoms with Crippen molar-refractivity contribution in [1.82, 2.24) is 10.3 Å². The first kappa shape index (κ1) is 24.5. The average molecular weight is 471 g/mol. The molecule has 1 saturated carbocycles. The Labute approximate surface area is 208 Å². The van der Waals surface area contributed by atoms with Gasteiger partial charge in [0.15, 0.2) is 0 Å². The van der Waals surface area contributed by atoms with Crippen molar-refractivity contribution in [3.63, 3.8) is 0 Å². The van der Waals surface area contributed by atoms with Gasteiger partial charge in [-0.3, -0.25) is 9.78 Å². The number of aromatic nitrogens is 1. The lowest BCUT2D eigenvalue weighted by Crippen LogP contribution is -2.22. The van der Waals surface area contributed by atoms with Crippen LogP contribution < -0.4 is 14.8 Å². The van der Waals surface area contributed by atoms with Crippen LogP contribution in [0.5, 0.6) is 11.5 Å². The fourth-order valence-corrected chi connectivity index (χ4v) is 4.73. The second-order valence-electron chi connectivity index (χ2n) is 9.16. The summed E-state index contributed by atoms with van der Waals surface area (Å²) in [5.74, 6) is 1.85. The van der Waals surface area contributed by atoms with Crippen molar-refractivity contribution in [1.29, 1.82) is 0 Å². The molecule has 1 heterocycles. The fraction of sp³-hybridized carbons (Fsp3) is 0.333. The van der Waals surface area contributed by atoms with Crippen molar-refractivity contribution in [2.24, 2.45) is 5.92 Å². The standard InChI is InChI=1S/C30H34N2O3/c1-22-13-14-23(21-32-22)8-4-5-17-31-29(33)16-15-26-20-30(26,24-9-6-11-27(18-24)34-2)25-10-7-12-28(19-25)35-3/h6-7,9-16,18-19,21,26H,4-5,8,17,20H2,1-3H3,(H,31,33)/t26-/m1/s1. The highest BCUT2D eigenvalue weighted by atomic mass is 16.5. The number of nitrogens with one attached hydrogen (secondary N) is 1. The van der Waals surface area contributed by atoms with Gasteiger partial charge in [-0.2, -0.15) is 0 Å². The Morgan fingerprint density at radius 1 is 1.03 bits per heavy atom. The van der Waals surface area contributed by atoms with Gasteiger partial charge in [0.1, 0.15) is 11.5 Å². The van der Waals surface area contributed by atoms with Crippen LogP contribution in [0.25, 0.3) is 0 Å². The molecule has 0 spiro atoms. The first-order valence-corrected chi connectivity index (χ1v) is 12.2. The number of methoxy groups -OCH3 is 2. The fourth-order valence-electron chi connectivity index (χ4n) is 4.73. The van der Waals surface area contributed by atoms with Crippen molar-refractivity contribution >= 4 is 5.91 Å². The molecular formula is C30H34N2O3. The van der Waals surface area contributed by atoms with Crippen molar-refractivity contribution in [2.75, 3.05) is 20.8 Å². The van der Waals surface area contributed by atoms with Gasteiger partial charge in [-0.25, -0.2) is 0 Å². The monoisotopic (exact) mass is 470 g/mol. The third kappa shape index (κ3) is 5.91. The summed E-state index contributed by atoms with van der Waals surface area (Å²) in [6, 6.07) is 20.6. The van der Waals surface area contributed by atoms with Crippen LogP contribution in [0.4, 0.5) is 0 Å². The summed E-state index contributed by atoms with van der Waals surface area (Å²) in [5.41, 5.74) is 4.45. The number of carbonyl (C=O) groups excluding carboxylic acids is 1. The Hall–Kier alpha value is -3.60. The molecule has 2 aromatic carbocycles. The summed E-state index contributed by atoms with van der Waals surface area (Å²) in [6.07, 6.45) is 9.54. The van der Waals surface area contributed by atoms with Crippen LogP contribution in [0, 0.1) is 12.8 Å². The van der Waals surface area contributed by atoms with E-state index in [1.54, 1.807) is 20.3 Å². The third-order valence-electron chi connectivity index (χ3n) is 6.83. The maximum Gasteiger partial charge on any atom is 0.243 e. The lowest BCUT2D eigenvalue weighted by Gasteiger charge is -2.20. The summed E-state index contributed by atoms with van der Waals surface area (Å²) < 4.78 is 11.0. The second-order valence-corrected chi connectivity index (χ2v) is 9.16. The molecule has 1 aromatic heterocycles. The zero-order chi connectivity index (χ0) is 24.7. The summed E-state index contributed by atoms with van der Waals surface area (Å²) in [5, 5.41) is 3.02. The maximum absolute atomic E-state index is 12.5. The molecule has 5 heteroatoms. The number of rotatable bonds is 11. The Morgan fingerprint density at radius 2 is 1.71 bits per heavy atom. The quantitative estimate of drug-likeness (QED) is 0.301. The summed E-state index contributed by atoms with van der Waals surface area (Å²) in [7, 11) is 3.37. The van der Waals surface area contributed by atoms with E-state index in [1.165, 1.54) is 16.7 Å². The topological polar surface area (TPSA) is 60.5 Å². The molecule has 0 radical (unpaired) electrons. The minimum Gasteiger partial charge on any atom is -0.497 e. The van der Waals surface area contributed by atoms with Gasteiger partial charge in [-0.05, 0) is 91.6 Å². The zero-order valence-electron chi connectivity index (χ0n) is 20.8. The predicted octanol–water partition coefficient (Wildman–Crippen LogP) is 5.41. The average Bonchev–Trinajstić information content (AvgIpc) is 3.64. The molecule has 1 N–H and O–H groups in total. The van der Waals surface area contributed by atoms with E-state index in [4.69, 9.17) is 9.47 Å². The second kappa shape index (κ2) is 11.2. The van der Waals surface area contributed by atoms with Crippen LogP contribution in [0.3, 0.4) is 0 Å². The lowest BCUT2D eigenvalue weighted by atomic mass is 9.85. The Balaban J connectivity index is 1.36. The van der Waals surface area contributed by atoms with E-state index < -0.39 is 0 Å². The van der Waals surface area contributed by atoms with Gasteiger partial charge in [-0.1, -0.05) is 36.4 Å². The molecule has 5 nitrogen and oxygen atoms in total. The number of hydrogen-bond donors (Lipinski definition) is 1. The van der Waals surface area contributed by atoms with Crippen molar-refractivity contribution in [3.8, 4) is 11.5 Å². The number of pyridine rings is 1. The molecule has 1 atom stereocenters. The molecule has 0 saturated heterocycles. The molecule has 1 fully saturated rings. The number of nitrogens with zero attached hydrogens (tertiary/aromatic N) is 1. The molecule has 182 valence electrons. The van der Waals surface area contributed by atoms with Crippen molar-refractivity contribution in [3.05, 3.63) is 101 Å². The molecule has 1 amide bonds. The van der Waals surface area contributed by atoms with Crippen LogP contribution in [0.15, 0.2) is 79.0 Å². The predicted molar refractivity (Wildman–Crippen MR) is 139 cm³/mol. The highest BCUT2D eigenvalue weighted by Crippen LogP contribution is 2.60. The van der Waals surface area contributed by atoms with Crippen molar-refractivity contribution < 1.29 is 14.3 Å². The molecule has 3 aromatic rings. The van der Waals surface area contributed by atoms with Crippen LogP contribution in [0.2, 0.25) is 0 Å². The SMILES string of the molecule is COc1cccc(C2(c3cccc(OC)c3)C[C@H]2C=CC(=O)NCCCCc2ccc(C)nc2)c1. The minimum absolute atomic E-state index is 0.0425. The van der Waals surface area contributed by atoms with Crippen LogP contribution in [-0.2, 0) is 16.6 Å². The van der Waals surface area contributed by atoms with E-state index in [-0.39, 0.29) is 17.2 Å². The van der Waals surface area contributed by atoms with Crippen molar-refractivity contribution in [2.45, 2.75) is 38.0 Å². The molecule has 1 aliphatic carbocycles. The van der Waals surface area contributed by atoms with E-state index in [2.05, 4.69) is 40.6 Å². The Bertz CT molecular complexity index is 1120. The molecule has 0 unspecified atom stereocenters. The normalized spacial score (nSPS) is 16.1. The van der Waals surface area contributed by atoms with E-state index >= 15 is 0 Å². The molecule has 1 aliphatic rings. The van der Waals surface area contributed by atoms with Crippen LogP contribution >= 0.6 is 0 Å². The van der Waals surface area contributed by atoms with Gasteiger partial charge in [0, 0.05) is 23.9 Å². The lowest BCUT2D eigenvalue weighted by molar-refractivity contribution is -0.116. The van der Waals surface area contributed by atoms with Gasteiger partial charge in [-0.15, -0.1) is 0 Å². The number of allylic oxidation sites excluding steroid dienone is 1. The molecule has 0 bridgehead atoms. The van der Waals surface area contributed by atoms with Gasteiger partial charge < -0.3 is 14.8 Å². The number of unbranched alkanes of at least 4 members (excludes halogenated alkanes) is 1. The largest absolute Gasteiger partial charge is 0.497 e. The smallest absolute Gasteiger partial charge is 0.243 e. The van der Waals surface area contributed by atoms with Gasteiger partial charge in [0.05, 0.1) is 14.2 Å². The Kier molecular flexibility index (Phi) is 7.86. The third-order valence-corrected chi connectivity index (χ3v) is 6.83. The molecule has 4 rings (SSSR count). The minimum atomic E-state index is -0.193. The van der Waals surface area contributed by atoms with E-state index in [1.807, 2.05) is 49.5 Å². The molecule has 0 aliphatic heterocycles. The number of hydrogen-bond acceptors (Lipinski definition) is 4. The van der Waals surface area contributed by atoms with Crippen LogP contribution in [-0.4, -0.2) is 31.7 Å². The molecule has 35 heavy (non-hydrogen) atoms. The van der Waals surface area contributed by atoms with E-state index in [0.717, 1.165) is 42.9 Å². The van der Waals surface area contributed by atoms with Crippen LogP contribution in [0.1, 0.15) is 41.6 Å². The number of ether oxygens (including phenoxy) is 2. The van der Waals surface area contributed by atoms with Gasteiger partial charge in [0.25, 0.3) is 0 Å². The highest BCUT2D eigenvalue weighted by molar-refractivity contribution is 5.87. The summed E-state index contributed by atoms with van der Waals surface area (Å²) in [6.45, 7) is 2.66. The first-order valence-electron chi connectivity index (χ1n) is 12.2. The zero-order valence-corrected chi connectivity index (χ0v) is 20.8. The maximum atomic E-state index is 12.5. The van der Waals surface area contributed by atoms with Gasteiger partial charge >= 0.3 is 0 Å². The number of benzene rings is 2. The van der Waals surface area contributed by atoms with Gasteiger partial charge in [0.2, 0.25) is 5.91 Å². The summed E-state index contributed by atoms with van der Waals surface area (Å²) >= 11 is 0. The van der Waals surface area contributed by atoms with E-state index in [9.17, 15) is 4.79 Å². The summed E-state index contributed by atoms with van der Waals surface area (Å²) in [4.78, 5) is 16.8. The number of carbonyl (C=O) groups is 1. The Morgan fingerprint density at radius 3 is 2.31 bits per heavy atom. The number of amides is 1. The first-order chi connectivity index (χ1) is 17.0.